The maximum atomic E-state index is 13.6. The Morgan fingerprint density at radius 3 is 2.50 bits per heavy atom. The standard InChI is InChI=1S/C14H18F3NO2/c1-2-8(4-10(7-18)14(19)20)3-9-5-11(15)6-12(16)13(9)17/h5-6,8,10H,2-4,7,18H2,1H3,(H,19,20). The first kappa shape index (κ1) is 16.5. The van der Waals surface area contributed by atoms with Gasteiger partial charge in [-0.2, -0.15) is 0 Å². The zero-order valence-electron chi connectivity index (χ0n) is 11.2. The van der Waals surface area contributed by atoms with Crippen LogP contribution in [0.2, 0.25) is 0 Å². The molecule has 0 aliphatic heterocycles. The molecule has 0 bridgehead atoms. The van der Waals surface area contributed by atoms with Gasteiger partial charge in [-0.1, -0.05) is 13.3 Å². The van der Waals surface area contributed by atoms with E-state index in [1.54, 1.807) is 0 Å². The first-order chi connectivity index (χ1) is 9.38. The van der Waals surface area contributed by atoms with Gasteiger partial charge in [0.05, 0.1) is 5.92 Å². The molecule has 0 aliphatic rings. The number of hydrogen-bond acceptors (Lipinski definition) is 2. The van der Waals surface area contributed by atoms with Crippen LogP contribution in [0.15, 0.2) is 12.1 Å². The molecule has 0 amide bonds. The van der Waals surface area contributed by atoms with E-state index in [9.17, 15) is 18.0 Å². The minimum absolute atomic E-state index is 0.0220. The number of nitrogens with two attached hydrogens (primary N) is 1. The van der Waals surface area contributed by atoms with Gasteiger partial charge in [-0.05, 0) is 30.4 Å². The fourth-order valence-corrected chi connectivity index (χ4v) is 2.16. The van der Waals surface area contributed by atoms with Crippen LogP contribution in [0.5, 0.6) is 0 Å². The fourth-order valence-electron chi connectivity index (χ4n) is 2.16. The molecular weight excluding hydrogens is 271 g/mol. The number of halogens is 3. The summed E-state index contributed by atoms with van der Waals surface area (Å²) in [5.74, 6) is -5.11. The maximum absolute atomic E-state index is 13.6. The summed E-state index contributed by atoms with van der Waals surface area (Å²) in [4.78, 5) is 10.9. The molecule has 2 atom stereocenters. The van der Waals surface area contributed by atoms with Crippen LogP contribution >= 0.6 is 0 Å². The molecule has 0 heterocycles. The molecule has 0 aliphatic carbocycles. The second-order valence-electron chi connectivity index (χ2n) is 4.85. The number of carboxylic acids is 1. The van der Waals surface area contributed by atoms with Crippen LogP contribution in [-0.4, -0.2) is 17.6 Å². The van der Waals surface area contributed by atoms with Crippen LogP contribution in [0, 0.1) is 29.3 Å². The van der Waals surface area contributed by atoms with Crippen molar-refractivity contribution in [2.75, 3.05) is 6.54 Å². The summed E-state index contributed by atoms with van der Waals surface area (Å²) in [5, 5.41) is 8.95. The van der Waals surface area contributed by atoms with Crippen LogP contribution in [-0.2, 0) is 11.2 Å². The van der Waals surface area contributed by atoms with Crippen molar-refractivity contribution in [2.45, 2.75) is 26.2 Å². The zero-order chi connectivity index (χ0) is 15.3. The van der Waals surface area contributed by atoms with Crippen molar-refractivity contribution in [1.29, 1.82) is 0 Å². The Morgan fingerprint density at radius 2 is 2.00 bits per heavy atom. The highest BCUT2D eigenvalue weighted by molar-refractivity contribution is 5.70. The number of rotatable bonds is 7. The molecule has 0 saturated heterocycles. The smallest absolute Gasteiger partial charge is 0.307 e. The molecular formula is C14H18F3NO2. The van der Waals surface area contributed by atoms with Gasteiger partial charge >= 0.3 is 5.97 Å². The summed E-state index contributed by atoms with van der Waals surface area (Å²) in [6.45, 7) is 1.79. The van der Waals surface area contributed by atoms with Gasteiger partial charge in [-0.3, -0.25) is 4.79 Å². The summed E-state index contributed by atoms with van der Waals surface area (Å²) in [7, 11) is 0. The zero-order valence-corrected chi connectivity index (χ0v) is 11.2. The van der Waals surface area contributed by atoms with Gasteiger partial charge in [0.25, 0.3) is 0 Å². The molecule has 2 unspecified atom stereocenters. The number of benzene rings is 1. The Kier molecular flexibility index (Phi) is 6.01. The van der Waals surface area contributed by atoms with E-state index in [4.69, 9.17) is 10.8 Å². The molecule has 3 nitrogen and oxygen atoms in total. The minimum Gasteiger partial charge on any atom is -0.481 e. The van der Waals surface area contributed by atoms with E-state index in [2.05, 4.69) is 0 Å². The van der Waals surface area contributed by atoms with Gasteiger partial charge in [0.2, 0.25) is 0 Å². The van der Waals surface area contributed by atoms with E-state index in [1.165, 1.54) is 0 Å². The number of carbonyl (C=O) groups is 1. The second kappa shape index (κ2) is 7.28. The fraction of sp³-hybridized carbons (Fsp3) is 0.500. The third-order valence-corrected chi connectivity index (χ3v) is 3.41. The highest BCUT2D eigenvalue weighted by atomic mass is 19.2. The van der Waals surface area contributed by atoms with Crippen LogP contribution in [0.25, 0.3) is 0 Å². The number of aliphatic carboxylic acids is 1. The van der Waals surface area contributed by atoms with Crippen molar-refractivity contribution in [3.63, 3.8) is 0 Å². The molecule has 1 aromatic carbocycles. The Labute approximate surface area is 115 Å². The Hall–Kier alpha value is -1.56. The van der Waals surface area contributed by atoms with Gasteiger partial charge < -0.3 is 10.8 Å². The molecule has 6 heteroatoms. The Bertz CT molecular complexity index is 480. The molecule has 112 valence electrons. The molecule has 3 N–H and O–H groups in total. The highest BCUT2D eigenvalue weighted by Crippen LogP contribution is 2.24. The third-order valence-electron chi connectivity index (χ3n) is 3.41. The molecule has 0 saturated carbocycles. The van der Waals surface area contributed by atoms with Gasteiger partial charge in [0.15, 0.2) is 11.6 Å². The molecule has 0 spiro atoms. The minimum atomic E-state index is -1.23. The summed E-state index contributed by atoms with van der Waals surface area (Å²) in [5.41, 5.74) is 5.30. The van der Waals surface area contributed by atoms with Crippen LogP contribution < -0.4 is 5.73 Å². The Balaban J connectivity index is 2.86. The molecule has 0 fully saturated rings. The van der Waals surface area contributed by atoms with Crippen LogP contribution in [0.3, 0.4) is 0 Å². The lowest BCUT2D eigenvalue weighted by molar-refractivity contribution is -0.142. The van der Waals surface area contributed by atoms with E-state index in [0.29, 0.717) is 12.5 Å². The largest absolute Gasteiger partial charge is 0.481 e. The van der Waals surface area contributed by atoms with E-state index in [-0.39, 0.29) is 30.9 Å². The van der Waals surface area contributed by atoms with Crippen molar-refractivity contribution >= 4 is 5.97 Å². The maximum Gasteiger partial charge on any atom is 0.307 e. The van der Waals surface area contributed by atoms with Crippen molar-refractivity contribution < 1.29 is 23.1 Å². The average molecular weight is 289 g/mol. The SMILES string of the molecule is CCC(Cc1cc(F)cc(F)c1F)CC(CN)C(=O)O. The van der Waals surface area contributed by atoms with Crippen molar-refractivity contribution in [3.8, 4) is 0 Å². The third kappa shape index (κ3) is 4.23. The highest BCUT2D eigenvalue weighted by Gasteiger charge is 2.22. The van der Waals surface area contributed by atoms with E-state index < -0.39 is 29.3 Å². The lowest BCUT2D eigenvalue weighted by Crippen LogP contribution is -2.26. The van der Waals surface area contributed by atoms with Gasteiger partial charge in [-0.25, -0.2) is 13.2 Å². The Morgan fingerprint density at radius 1 is 1.35 bits per heavy atom. The summed E-state index contributed by atoms with van der Waals surface area (Å²) >= 11 is 0. The summed E-state index contributed by atoms with van der Waals surface area (Å²) in [6.07, 6.45) is 0.905. The van der Waals surface area contributed by atoms with E-state index >= 15 is 0 Å². The van der Waals surface area contributed by atoms with Crippen molar-refractivity contribution in [2.24, 2.45) is 17.6 Å². The summed E-state index contributed by atoms with van der Waals surface area (Å²) < 4.78 is 39.8. The molecule has 0 radical (unpaired) electrons. The van der Waals surface area contributed by atoms with Crippen LogP contribution in [0.1, 0.15) is 25.3 Å². The first-order valence-corrected chi connectivity index (χ1v) is 6.45. The number of hydrogen-bond donors (Lipinski definition) is 2. The first-order valence-electron chi connectivity index (χ1n) is 6.45. The van der Waals surface area contributed by atoms with E-state index in [0.717, 1.165) is 6.07 Å². The molecule has 20 heavy (non-hydrogen) atoms. The van der Waals surface area contributed by atoms with Gasteiger partial charge in [0, 0.05) is 12.6 Å². The topological polar surface area (TPSA) is 63.3 Å². The number of carboxylic acid groups (broad SMARTS) is 1. The van der Waals surface area contributed by atoms with E-state index in [1.807, 2.05) is 6.92 Å². The molecule has 1 rings (SSSR count). The molecule has 0 aromatic heterocycles. The van der Waals surface area contributed by atoms with Crippen molar-refractivity contribution in [1.82, 2.24) is 0 Å². The molecule has 1 aromatic rings. The van der Waals surface area contributed by atoms with Crippen molar-refractivity contribution in [3.05, 3.63) is 35.1 Å². The predicted octanol–water partition coefficient (Wildman–Crippen LogP) is 2.72. The van der Waals surface area contributed by atoms with Gasteiger partial charge in [0.1, 0.15) is 5.82 Å². The van der Waals surface area contributed by atoms with Crippen LogP contribution in [0.4, 0.5) is 13.2 Å². The van der Waals surface area contributed by atoms with Gasteiger partial charge in [-0.15, -0.1) is 0 Å². The lowest BCUT2D eigenvalue weighted by atomic mass is 9.87. The second-order valence-corrected chi connectivity index (χ2v) is 4.85. The quantitative estimate of drug-likeness (QED) is 0.759. The predicted molar refractivity (Wildman–Crippen MR) is 68.6 cm³/mol. The normalized spacial score (nSPS) is 14.1. The average Bonchev–Trinajstić information content (AvgIpc) is 2.39. The summed E-state index contributed by atoms with van der Waals surface area (Å²) in [6, 6.07) is 1.43. The monoisotopic (exact) mass is 289 g/mol. The lowest BCUT2D eigenvalue weighted by Gasteiger charge is -2.19.